The van der Waals surface area contributed by atoms with Crippen LogP contribution in [0.2, 0.25) is 0 Å². The number of rotatable bonds is 6. The summed E-state index contributed by atoms with van der Waals surface area (Å²) in [6.07, 6.45) is -13.5. The minimum atomic E-state index is -1.73. The van der Waals surface area contributed by atoms with Crippen molar-refractivity contribution in [3.63, 3.8) is 0 Å². The number of hydrogen-bond acceptors (Lipinski definition) is 11. The predicted molar refractivity (Wildman–Crippen MR) is 77.7 cm³/mol. The standard InChI is InChI=1S/C14H24O11/c1-2-22-12-7(17)5(3-15)24-14(10(12)20)25-11-6(4-16)23-13(21)9(19)8(11)18/h2,5-21H,1,3-4H2/t5-,6-,7-,8-,9-,10-,11-,12+,13-,14-/m1/s1. The van der Waals surface area contributed by atoms with Crippen LogP contribution in [0.4, 0.5) is 0 Å². The highest BCUT2D eigenvalue weighted by atomic mass is 16.7. The van der Waals surface area contributed by atoms with Gasteiger partial charge in [0, 0.05) is 0 Å². The molecule has 0 aromatic rings. The number of aliphatic hydroxyl groups excluding tert-OH is 7. The van der Waals surface area contributed by atoms with Gasteiger partial charge in [-0.05, 0) is 0 Å². The fourth-order valence-corrected chi connectivity index (χ4v) is 2.83. The summed E-state index contributed by atoms with van der Waals surface area (Å²) in [6, 6.07) is 0. The Balaban J connectivity index is 2.16. The van der Waals surface area contributed by atoms with Gasteiger partial charge in [-0.15, -0.1) is 0 Å². The summed E-state index contributed by atoms with van der Waals surface area (Å²) in [6.45, 7) is 2.06. The van der Waals surface area contributed by atoms with E-state index in [0.717, 1.165) is 6.26 Å². The molecule has 0 aromatic carbocycles. The van der Waals surface area contributed by atoms with E-state index in [0.29, 0.717) is 0 Å². The Kier molecular flexibility index (Phi) is 7.10. The predicted octanol–water partition coefficient (Wildman–Crippen LogP) is -4.23. The molecule has 0 amide bonds. The fraction of sp³-hybridized carbons (Fsp3) is 0.857. The van der Waals surface area contributed by atoms with Crippen LogP contribution in [0.1, 0.15) is 0 Å². The molecule has 2 aliphatic rings. The van der Waals surface area contributed by atoms with Gasteiger partial charge in [0.2, 0.25) is 0 Å². The summed E-state index contributed by atoms with van der Waals surface area (Å²) < 4.78 is 20.7. The largest absolute Gasteiger partial charge is 0.493 e. The van der Waals surface area contributed by atoms with Crippen molar-refractivity contribution in [3.8, 4) is 0 Å². The lowest BCUT2D eigenvalue weighted by atomic mass is 9.97. The van der Waals surface area contributed by atoms with E-state index in [-0.39, 0.29) is 0 Å². The molecule has 0 radical (unpaired) electrons. The first-order valence-electron chi connectivity index (χ1n) is 7.70. The molecule has 11 heteroatoms. The van der Waals surface area contributed by atoms with Crippen LogP contribution in [-0.2, 0) is 18.9 Å². The lowest BCUT2D eigenvalue weighted by Crippen LogP contribution is -2.64. The van der Waals surface area contributed by atoms with Gasteiger partial charge >= 0.3 is 0 Å². The van der Waals surface area contributed by atoms with E-state index in [1.165, 1.54) is 0 Å². The average Bonchev–Trinajstić information content (AvgIpc) is 2.60. The molecular weight excluding hydrogens is 344 g/mol. The molecule has 25 heavy (non-hydrogen) atoms. The summed E-state index contributed by atoms with van der Waals surface area (Å²) in [7, 11) is 0. The van der Waals surface area contributed by atoms with Gasteiger partial charge in [0.1, 0.15) is 42.7 Å². The van der Waals surface area contributed by atoms with E-state index >= 15 is 0 Å². The summed E-state index contributed by atoms with van der Waals surface area (Å²) in [4.78, 5) is 0. The van der Waals surface area contributed by atoms with Crippen LogP contribution in [0.5, 0.6) is 0 Å². The molecule has 10 atom stereocenters. The Morgan fingerprint density at radius 2 is 1.44 bits per heavy atom. The Morgan fingerprint density at radius 1 is 0.800 bits per heavy atom. The molecule has 0 aromatic heterocycles. The van der Waals surface area contributed by atoms with Crippen molar-refractivity contribution in [2.24, 2.45) is 0 Å². The van der Waals surface area contributed by atoms with Crippen molar-refractivity contribution in [3.05, 3.63) is 12.8 Å². The first-order chi connectivity index (χ1) is 11.8. The van der Waals surface area contributed by atoms with Crippen molar-refractivity contribution in [1.29, 1.82) is 0 Å². The normalized spacial score (nSPS) is 48.1. The van der Waals surface area contributed by atoms with Crippen molar-refractivity contribution >= 4 is 0 Å². The zero-order valence-electron chi connectivity index (χ0n) is 13.2. The molecule has 0 saturated carbocycles. The maximum Gasteiger partial charge on any atom is 0.188 e. The van der Waals surface area contributed by atoms with Crippen LogP contribution >= 0.6 is 0 Å². The molecular formula is C14H24O11. The van der Waals surface area contributed by atoms with Gasteiger partial charge in [-0.3, -0.25) is 0 Å². The van der Waals surface area contributed by atoms with E-state index in [1.54, 1.807) is 0 Å². The Morgan fingerprint density at radius 3 is 2.00 bits per heavy atom. The van der Waals surface area contributed by atoms with Gasteiger partial charge in [-0.25, -0.2) is 0 Å². The van der Waals surface area contributed by atoms with E-state index in [9.17, 15) is 35.7 Å². The minimum absolute atomic E-state index is 0.612. The Hall–Kier alpha value is -0.860. The van der Waals surface area contributed by atoms with Crippen molar-refractivity contribution < 1.29 is 54.7 Å². The van der Waals surface area contributed by atoms with E-state index in [2.05, 4.69) is 6.58 Å². The third-order valence-corrected chi connectivity index (χ3v) is 4.21. The second-order valence-corrected chi connectivity index (χ2v) is 5.80. The average molecular weight is 368 g/mol. The van der Waals surface area contributed by atoms with Crippen LogP contribution in [-0.4, -0.2) is 110 Å². The van der Waals surface area contributed by atoms with Crippen molar-refractivity contribution in [2.45, 2.75) is 61.4 Å². The summed E-state index contributed by atoms with van der Waals surface area (Å²) >= 11 is 0. The first-order valence-corrected chi connectivity index (χ1v) is 7.70. The van der Waals surface area contributed by atoms with Crippen LogP contribution in [0.3, 0.4) is 0 Å². The molecule has 0 bridgehead atoms. The third-order valence-electron chi connectivity index (χ3n) is 4.21. The molecule has 2 heterocycles. The maximum atomic E-state index is 10.3. The monoisotopic (exact) mass is 368 g/mol. The number of hydrogen-bond donors (Lipinski definition) is 7. The highest BCUT2D eigenvalue weighted by Gasteiger charge is 2.51. The lowest BCUT2D eigenvalue weighted by molar-refractivity contribution is -0.355. The molecule has 11 nitrogen and oxygen atoms in total. The van der Waals surface area contributed by atoms with Crippen LogP contribution in [0.15, 0.2) is 12.8 Å². The van der Waals surface area contributed by atoms with Gasteiger partial charge in [0.15, 0.2) is 18.7 Å². The van der Waals surface area contributed by atoms with Crippen molar-refractivity contribution in [1.82, 2.24) is 0 Å². The van der Waals surface area contributed by atoms with E-state index in [1.807, 2.05) is 0 Å². The molecule has 0 aliphatic carbocycles. The lowest BCUT2D eigenvalue weighted by Gasteiger charge is -2.45. The van der Waals surface area contributed by atoms with Gasteiger partial charge in [-0.1, -0.05) is 6.58 Å². The zero-order valence-corrected chi connectivity index (χ0v) is 13.2. The smallest absolute Gasteiger partial charge is 0.188 e. The number of ether oxygens (including phenoxy) is 4. The molecule has 2 fully saturated rings. The highest BCUT2D eigenvalue weighted by molar-refractivity contribution is 4.94. The van der Waals surface area contributed by atoms with Gasteiger partial charge < -0.3 is 54.7 Å². The molecule has 7 N–H and O–H groups in total. The second-order valence-electron chi connectivity index (χ2n) is 5.80. The van der Waals surface area contributed by atoms with Crippen LogP contribution < -0.4 is 0 Å². The topological polar surface area (TPSA) is 179 Å². The van der Waals surface area contributed by atoms with E-state index in [4.69, 9.17) is 18.9 Å². The Bertz CT molecular complexity index is 433. The van der Waals surface area contributed by atoms with Gasteiger partial charge in [-0.2, -0.15) is 0 Å². The summed E-state index contributed by atoms with van der Waals surface area (Å²) in [5, 5.41) is 68.1. The molecule has 0 spiro atoms. The second kappa shape index (κ2) is 8.68. The Labute approximate surface area is 143 Å². The van der Waals surface area contributed by atoms with Crippen molar-refractivity contribution in [2.75, 3.05) is 13.2 Å². The molecule has 2 aliphatic heterocycles. The van der Waals surface area contributed by atoms with Gasteiger partial charge in [0.25, 0.3) is 0 Å². The van der Waals surface area contributed by atoms with E-state index < -0.39 is 74.6 Å². The van der Waals surface area contributed by atoms with Gasteiger partial charge in [0.05, 0.1) is 19.5 Å². The quantitative estimate of drug-likeness (QED) is 0.226. The zero-order chi connectivity index (χ0) is 18.7. The first kappa shape index (κ1) is 20.5. The SMILES string of the molecule is C=CO[C@@H]1[C@@H](O)[C@@H](O[C@H]2[C@H](O)[C@@H](O)[C@H](O)O[C@@H]2CO)O[C@H](CO)[C@H]1O. The van der Waals surface area contributed by atoms with Crippen LogP contribution in [0, 0.1) is 0 Å². The summed E-state index contributed by atoms with van der Waals surface area (Å²) in [5.41, 5.74) is 0. The molecule has 146 valence electrons. The molecule has 0 unspecified atom stereocenters. The third kappa shape index (κ3) is 4.11. The molecule has 2 saturated heterocycles. The molecule has 2 rings (SSSR count). The summed E-state index contributed by atoms with van der Waals surface area (Å²) in [5.74, 6) is 0. The highest BCUT2D eigenvalue weighted by Crippen LogP contribution is 2.29. The number of aliphatic hydroxyl groups is 7. The maximum absolute atomic E-state index is 10.3. The fourth-order valence-electron chi connectivity index (χ4n) is 2.83. The minimum Gasteiger partial charge on any atom is -0.493 e. The van der Waals surface area contributed by atoms with Crippen LogP contribution in [0.25, 0.3) is 0 Å².